The third kappa shape index (κ3) is 3.40. The number of morpholine rings is 1. The monoisotopic (exact) mass is 431 g/mol. The van der Waals surface area contributed by atoms with Crippen LogP contribution in [0, 0.1) is 12.7 Å². The largest absolute Gasteiger partial charge is 0.378 e. The number of amides is 2. The van der Waals surface area contributed by atoms with Gasteiger partial charge in [0, 0.05) is 34.9 Å². The van der Waals surface area contributed by atoms with E-state index in [1.807, 2.05) is 19.1 Å². The van der Waals surface area contributed by atoms with Crippen molar-refractivity contribution < 1.29 is 18.7 Å². The maximum atomic E-state index is 13.9. The Labute approximate surface area is 183 Å². The van der Waals surface area contributed by atoms with Gasteiger partial charge in [-0.15, -0.1) is 0 Å². The van der Waals surface area contributed by atoms with E-state index in [-0.39, 0.29) is 11.7 Å². The van der Waals surface area contributed by atoms with Gasteiger partial charge in [0.1, 0.15) is 5.82 Å². The van der Waals surface area contributed by atoms with Crippen molar-refractivity contribution in [3.8, 4) is 11.1 Å². The van der Waals surface area contributed by atoms with Gasteiger partial charge in [-0.05, 0) is 60.0 Å². The van der Waals surface area contributed by atoms with Crippen LogP contribution in [0.1, 0.15) is 26.3 Å². The first-order chi connectivity index (χ1) is 15.4. The molecule has 6 nitrogen and oxygen atoms in total. The highest BCUT2D eigenvalue weighted by atomic mass is 19.1. The zero-order valence-electron chi connectivity index (χ0n) is 17.6. The van der Waals surface area contributed by atoms with E-state index in [4.69, 9.17) is 10.5 Å². The van der Waals surface area contributed by atoms with Crippen molar-refractivity contribution in [2.75, 3.05) is 26.3 Å². The Bertz CT molecular complexity index is 1390. The number of aromatic nitrogens is 1. The van der Waals surface area contributed by atoms with Crippen molar-refractivity contribution in [3.63, 3.8) is 0 Å². The summed E-state index contributed by atoms with van der Waals surface area (Å²) in [5.74, 6) is -0.987. The standard InChI is InChI=1S/C25H22FN3O3/c1-14-2-4-17(26)13-19(14)16-10-20-18-5-3-15(25(31)29-6-8-32-9-7-29)12-22(18)28-23(20)21(11-16)24(27)30/h2-5,10-13,28H,6-9H2,1H3,(H2,27,30). The molecule has 32 heavy (non-hydrogen) atoms. The smallest absolute Gasteiger partial charge is 0.254 e. The molecule has 0 aliphatic carbocycles. The van der Waals surface area contributed by atoms with Crippen LogP contribution < -0.4 is 5.73 Å². The van der Waals surface area contributed by atoms with Crippen molar-refractivity contribution in [2.45, 2.75) is 6.92 Å². The molecule has 1 aromatic heterocycles. The molecule has 0 saturated carbocycles. The fraction of sp³-hybridized carbons (Fsp3) is 0.200. The highest BCUT2D eigenvalue weighted by Crippen LogP contribution is 2.34. The lowest BCUT2D eigenvalue weighted by Gasteiger charge is -2.26. The number of fused-ring (bicyclic) bond motifs is 3. The molecular weight excluding hydrogens is 409 g/mol. The molecule has 0 bridgehead atoms. The Morgan fingerprint density at radius 2 is 1.81 bits per heavy atom. The average Bonchev–Trinajstić information content (AvgIpc) is 3.17. The van der Waals surface area contributed by atoms with Gasteiger partial charge in [0.05, 0.1) is 24.3 Å². The van der Waals surface area contributed by atoms with E-state index in [2.05, 4.69) is 4.98 Å². The number of ether oxygens (including phenoxy) is 1. The Kier molecular flexibility index (Phi) is 4.90. The van der Waals surface area contributed by atoms with Crippen molar-refractivity contribution in [2.24, 2.45) is 5.73 Å². The molecule has 0 radical (unpaired) electrons. The fourth-order valence-electron chi connectivity index (χ4n) is 4.34. The summed E-state index contributed by atoms with van der Waals surface area (Å²) in [6, 6.07) is 13.6. The number of aromatic amines is 1. The summed E-state index contributed by atoms with van der Waals surface area (Å²) in [4.78, 5) is 30.2. The summed E-state index contributed by atoms with van der Waals surface area (Å²) in [6.45, 7) is 4.08. The number of halogens is 1. The van der Waals surface area contributed by atoms with Gasteiger partial charge in [-0.1, -0.05) is 12.1 Å². The number of carbonyl (C=O) groups excluding carboxylic acids is 2. The van der Waals surface area contributed by atoms with E-state index in [0.29, 0.717) is 54.1 Å². The molecule has 1 aliphatic rings. The van der Waals surface area contributed by atoms with E-state index in [9.17, 15) is 14.0 Å². The molecule has 1 aliphatic heterocycles. The number of H-pyrrole nitrogens is 1. The van der Waals surface area contributed by atoms with Crippen LogP contribution >= 0.6 is 0 Å². The summed E-state index contributed by atoms with van der Waals surface area (Å²) in [5, 5.41) is 1.65. The second kappa shape index (κ2) is 7.76. The van der Waals surface area contributed by atoms with Crippen molar-refractivity contribution in [1.82, 2.24) is 9.88 Å². The first-order valence-electron chi connectivity index (χ1n) is 10.5. The molecule has 7 heteroatoms. The Hall–Kier alpha value is -3.71. The Balaban J connectivity index is 1.67. The normalized spacial score (nSPS) is 14.2. The highest BCUT2D eigenvalue weighted by Gasteiger charge is 2.20. The number of rotatable bonds is 3. The summed E-state index contributed by atoms with van der Waals surface area (Å²) >= 11 is 0. The quantitative estimate of drug-likeness (QED) is 0.514. The number of hydrogen-bond acceptors (Lipinski definition) is 3. The molecule has 5 rings (SSSR count). The first-order valence-corrected chi connectivity index (χ1v) is 10.5. The number of nitrogens with zero attached hydrogens (tertiary/aromatic N) is 1. The molecular formula is C25H22FN3O3. The van der Waals surface area contributed by atoms with Crippen LogP contribution in [0.25, 0.3) is 32.9 Å². The van der Waals surface area contributed by atoms with Gasteiger partial charge >= 0.3 is 0 Å². The minimum Gasteiger partial charge on any atom is -0.378 e. The Morgan fingerprint density at radius 3 is 2.56 bits per heavy atom. The van der Waals surface area contributed by atoms with Crippen molar-refractivity contribution in [3.05, 3.63) is 71.0 Å². The second-order valence-corrected chi connectivity index (χ2v) is 8.06. The van der Waals surface area contributed by atoms with Crippen LogP contribution in [0.15, 0.2) is 48.5 Å². The van der Waals surface area contributed by atoms with Gasteiger partial charge in [0.15, 0.2) is 0 Å². The van der Waals surface area contributed by atoms with Crippen LogP contribution in [0.5, 0.6) is 0 Å². The maximum Gasteiger partial charge on any atom is 0.254 e. The highest BCUT2D eigenvalue weighted by molar-refractivity contribution is 6.17. The van der Waals surface area contributed by atoms with Crippen LogP contribution in [-0.2, 0) is 4.74 Å². The third-order valence-electron chi connectivity index (χ3n) is 6.03. The summed E-state index contributed by atoms with van der Waals surface area (Å²) in [6.07, 6.45) is 0. The summed E-state index contributed by atoms with van der Waals surface area (Å²) < 4.78 is 19.3. The number of benzene rings is 3. The molecule has 3 aromatic carbocycles. The number of carbonyl (C=O) groups is 2. The fourth-order valence-corrected chi connectivity index (χ4v) is 4.34. The molecule has 3 N–H and O–H groups in total. The van der Waals surface area contributed by atoms with E-state index >= 15 is 0 Å². The van der Waals surface area contributed by atoms with Crippen LogP contribution in [0.2, 0.25) is 0 Å². The molecule has 0 spiro atoms. The molecule has 4 aromatic rings. The summed E-state index contributed by atoms with van der Waals surface area (Å²) in [7, 11) is 0. The average molecular weight is 431 g/mol. The van der Waals surface area contributed by atoms with Crippen LogP contribution in [0.3, 0.4) is 0 Å². The molecule has 0 atom stereocenters. The zero-order chi connectivity index (χ0) is 22.4. The predicted octanol–water partition coefficient (Wildman–Crippen LogP) is 4.01. The van der Waals surface area contributed by atoms with E-state index in [1.165, 1.54) is 12.1 Å². The second-order valence-electron chi connectivity index (χ2n) is 8.06. The third-order valence-corrected chi connectivity index (χ3v) is 6.03. The van der Waals surface area contributed by atoms with Crippen molar-refractivity contribution in [1.29, 1.82) is 0 Å². The number of primary amides is 1. The van der Waals surface area contributed by atoms with Gasteiger partial charge in [-0.2, -0.15) is 0 Å². The van der Waals surface area contributed by atoms with Gasteiger partial charge < -0.3 is 20.4 Å². The van der Waals surface area contributed by atoms with Crippen LogP contribution in [0.4, 0.5) is 4.39 Å². The van der Waals surface area contributed by atoms with Crippen LogP contribution in [-0.4, -0.2) is 48.0 Å². The lowest BCUT2D eigenvalue weighted by molar-refractivity contribution is 0.0303. The van der Waals surface area contributed by atoms with E-state index in [1.54, 1.807) is 29.2 Å². The molecule has 1 fully saturated rings. The van der Waals surface area contributed by atoms with Gasteiger partial charge in [0.2, 0.25) is 0 Å². The molecule has 0 unspecified atom stereocenters. The van der Waals surface area contributed by atoms with E-state index < -0.39 is 5.91 Å². The van der Waals surface area contributed by atoms with Gasteiger partial charge in [-0.3, -0.25) is 9.59 Å². The molecule has 162 valence electrons. The maximum absolute atomic E-state index is 13.9. The first kappa shape index (κ1) is 20.2. The van der Waals surface area contributed by atoms with Crippen molar-refractivity contribution >= 4 is 33.6 Å². The molecule has 1 saturated heterocycles. The lowest BCUT2D eigenvalue weighted by Crippen LogP contribution is -2.40. The Morgan fingerprint density at radius 1 is 1.03 bits per heavy atom. The SMILES string of the molecule is Cc1ccc(F)cc1-c1cc(C(N)=O)c2[nH]c3cc(C(=O)N4CCOCC4)ccc3c2c1. The summed E-state index contributed by atoms with van der Waals surface area (Å²) in [5.41, 5.74) is 10.2. The zero-order valence-corrected chi connectivity index (χ0v) is 17.6. The van der Waals surface area contributed by atoms with Gasteiger partial charge in [-0.25, -0.2) is 4.39 Å². The lowest BCUT2D eigenvalue weighted by atomic mass is 9.95. The number of aryl methyl sites for hydroxylation is 1. The minimum absolute atomic E-state index is 0.0555. The molecule has 2 heterocycles. The number of hydrogen-bond donors (Lipinski definition) is 2. The molecule has 2 amide bonds. The topological polar surface area (TPSA) is 88.4 Å². The van der Waals surface area contributed by atoms with Gasteiger partial charge in [0.25, 0.3) is 11.8 Å². The number of nitrogens with one attached hydrogen (secondary N) is 1. The predicted molar refractivity (Wildman–Crippen MR) is 121 cm³/mol. The van der Waals surface area contributed by atoms with E-state index in [0.717, 1.165) is 21.9 Å². The minimum atomic E-state index is -0.581. The number of nitrogens with two attached hydrogens (primary N) is 1.